The SMILES string of the molecule is Oc1cc(-n2c(-c3csc(N4CCNCC4)n3)nc3cnc4ccccc4c32)c2ccccc2c1. The number of pyridine rings is 1. The summed E-state index contributed by atoms with van der Waals surface area (Å²) < 4.78 is 2.14. The normalized spacial score (nSPS) is 14.3. The van der Waals surface area contributed by atoms with E-state index in [9.17, 15) is 5.11 Å². The van der Waals surface area contributed by atoms with Gasteiger partial charge in [0.15, 0.2) is 11.0 Å². The largest absolute Gasteiger partial charge is 0.508 e. The number of hydrogen-bond acceptors (Lipinski definition) is 7. The number of aromatic hydroxyl groups is 1. The van der Waals surface area contributed by atoms with Crippen molar-refractivity contribution in [2.75, 3.05) is 31.1 Å². The molecule has 3 aromatic carbocycles. The van der Waals surface area contributed by atoms with E-state index in [0.29, 0.717) is 0 Å². The Bertz CT molecular complexity index is 1720. The van der Waals surface area contributed by atoms with Gasteiger partial charge in [-0.05, 0) is 17.5 Å². The fourth-order valence-corrected chi connectivity index (χ4v) is 5.80. The predicted octanol–water partition coefficient (Wildman–Crippen LogP) is 4.97. The number of thiazole rings is 1. The highest BCUT2D eigenvalue weighted by atomic mass is 32.1. The van der Waals surface area contributed by atoms with Crippen molar-refractivity contribution in [1.29, 1.82) is 0 Å². The van der Waals surface area contributed by atoms with Gasteiger partial charge in [-0.25, -0.2) is 9.97 Å². The highest BCUT2D eigenvalue weighted by molar-refractivity contribution is 7.14. The van der Waals surface area contributed by atoms with E-state index in [-0.39, 0.29) is 5.75 Å². The number of rotatable bonds is 3. The molecule has 0 unspecified atom stereocenters. The second kappa shape index (κ2) is 8.04. The molecule has 4 heterocycles. The van der Waals surface area contributed by atoms with Gasteiger partial charge in [0.25, 0.3) is 0 Å². The number of anilines is 1. The third kappa shape index (κ3) is 3.33. The van der Waals surface area contributed by atoms with E-state index in [1.165, 1.54) is 0 Å². The van der Waals surface area contributed by atoms with Gasteiger partial charge < -0.3 is 15.3 Å². The highest BCUT2D eigenvalue weighted by Gasteiger charge is 2.22. The number of phenols is 1. The number of imidazole rings is 1. The summed E-state index contributed by atoms with van der Waals surface area (Å²) in [6.07, 6.45) is 1.83. The van der Waals surface area contributed by atoms with Gasteiger partial charge in [-0.15, -0.1) is 11.3 Å². The number of piperazine rings is 1. The van der Waals surface area contributed by atoms with E-state index in [2.05, 4.69) is 37.3 Å². The maximum Gasteiger partial charge on any atom is 0.186 e. The fraction of sp³-hybridized carbons (Fsp3) is 0.148. The number of nitrogens with one attached hydrogen (secondary N) is 1. The van der Waals surface area contributed by atoms with Crippen molar-refractivity contribution in [3.8, 4) is 23.0 Å². The number of para-hydroxylation sites is 1. The summed E-state index contributed by atoms with van der Waals surface area (Å²) in [5.74, 6) is 0.955. The van der Waals surface area contributed by atoms with Gasteiger partial charge in [-0.2, -0.15) is 0 Å². The maximum atomic E-state index is 10.7. The molecule has 1 aliphatic rings. The molecule has 8 heteroatoms. The second-order valence-corrected chi connectivity index (χ2v) is 9.55. The molecule has 0 amide bonds. The van der Waals surface area contributed by atoms with Crippen LogP contribution in [0.5, 0.6) is 5.75 Å². The van der Waals surface area contributed by atoms with Crippen LogP contribution in [0.4, 0.5) is 5.13 Å². The molecule has 172 valence electrons. The van der Waals surface area contributed by atoms with E-state index < -0.39 is 0 Å². The van der Waals surface area contributed by atoms with Gasteiger partial charge >= 0.3 is 0 Å². The zero-order valence-corrected chi connectivity index (χ0v) is 19.7. The van der Waals surface area contributed by atoms with Crippen molar-refractivity contribution in [3.63, 3.8) is 0 Å². The van der Waals surface area contributed by atoms with Gasteiger partial charge in [0.05, 0.1) is 22.9 Å². The third-order valence-electron chi connectivity index (χ3n) is 6.56. The van der Waals surface area contributed by atoms with Crippen molar-refractivity contribution in [2.45, 2.75) is 0 Å². The van der Waals surface area contributed by atoms with E-state index in [0.717, 1.165) is 81.2 Å². The summed E-state index contributed by atoms with van der Waals surface area (Å²) >= 11 is 1.64. The van der Waals surface area contributed by atoms with Crippen LogP contribution in [0.25, 0.3) is 49.9 Å². The monoisotopic (exact) mass is 478 g/mol. The van der Waals surface area contributed by atoms with Crippen molar-refractivity contribution in [2.24, 2.45) is 0 Å². The molecule has 0 spiro atoms. The zero-order valence-electron chi connectivity index (χ0n) is 18.8. The Balaban J connectivity index is 1.54. The average Bonchev–Trinajstić information content (AvgIpc) is 3.54. The first-order valence-corrected chi connectivity index (χ1v) is 12.5. The first-order chi connectivity index (χ1) is 17.3. The smallest absolute Gasteiger partial charge is 0.186 e. The van der Waals surface area contributed by atoms with Crippen LogP contribution in [0.2, 0.25) is 0 Å². The van der Waals surface area contributed by atoms with Gasteiger partial charge in [0.1, 0.15) is 17.0 Å². The average molecular weight is 479 g/mol. The molecule has 1 aliphatic heterocycles. The Kier molecular flexibility index (Phi) is 4.68. The predicted molar refractivity (Wildman–Crippen MR) is 142 cm³/mol. The summed E-state index contributed by atoms with van der Waals surface area (Å²) in [6.45, 7) is 3.80. The van der Waals surface area contributed by atoms with Gasteiger partial charge in [0, 0.05) is 48.4 Å². The Labute approximate surface area is 205 Å². The summed E-state index contributed by atoms with van der Waals surface area (Å²) in [6, 6.07) is 19.8. The van der Waals surface area contributed by atoms with Crippen molar-refractivity contribution >= 4 is 49.2 Å². The summed E-state index contributed by atoms with van der Waals surface area (Å²) in [5.41, 5.74) is 4.33. The Morgan fingerprint density at radius 1 is 0.886 bits per heavy atom. The van der Waals surface area contributed by atoms with Gasteiger partial charge in [-0.3, -0.25) is 9.55 Å². The molecular weight excluding hydrogens is 456 g/mol. The topological polar surface area (TPSA) is 79.1 Å². The molecule has 7 nitrogen and oxygen atoms in total. The number of hydrogen-bond donors (Lipinski definition) is 2. The van der Waals surface area contributed by atoms with Crippen LogP contribution < -0.4 is 10.2 Å². The molecule has 0 bridgehead atoms. The standard InChI is InChI=1S/C27H22N6OS/c34-18-13-17-5-1-2-6-19(17)24(14-18)33-25-20-7-3-4-8-21(20)29-15-22(25)30-26(33)23-16-35-27(31-23)32-11-9-28-10-12-32/h1-8,13-16,28,34H,9-12H2. The lowest BCUT2D eigenvalue weighted by Crippen LogP contribution is -2.43. The lowest BCUT2D eigenvalue weighted by Gasteiger charge is -2.26. The molecule has 1 saturated heterocycles. The number of benzene rings is 3. The van der Waals surface area contributed by atoms with Crippen LogP contribution in [0, 0.1) is 0 Å². The lowest BCUT2D eigenvalue weighted by molar-refractivity contribution is 0.476. The highest BCUT2D eigenvalue weighted by Crippen LogP contribution is 2.37. The van der Waals surface area contributed by atoms with Crippen LogP contribution in [0.1, 0.15) is 0 Å². The number of phenolic OH excluding ortho intramolecular Hbond substituents is 1. The summed E-state index contributed by atoms with van der Waals surface area (Å²) in [4.78, 5) is 17.0. The van der Waals surface area contributed by atoms with E-state index in [4.69, 9.17) is 9.97 Å². The minimum atomic E-state index is 0.213. The fourth-order valence-electron chi connectivity index (χ4n) is 4.94. The Morgan fingerprint density at radius 3 is 2.57 bits per heavy atom. The minimum absolute atomic E-state index is 0.213. The molecule has 35 heavy (non-hydrogen) atoms. The third-order valence-corrected chi connectivity index (χ3v) is 7.47. The van der Waals surface area contributed by atoms with Gasteiger partial charge in [-0.1, -0.05) is 42.5 Å². The zero-order chi connectivity index (χ0) is 23.4. The molecule has 0 radical (unpaired) electrons. The van der Waals surface area contributed by atoms with Crippen LogP contribution in [-0.2, 0) is 0 Å². The van der Waals surface area contributed by atoms with Crippen LogP contribution in [-0.4, -0.2) is 50.8 Å². The van der Waals surface area contributed by atoms with E-state index in [1.54, 1.807) is 17.4 Å². The van der Waals surface area contributed by atoms with Crippen molar-refractivity contribution in [1.82, 2.24) is 24.8 Å². The van der Waals surface area contributed by atoms with E-state index >= 15 is 0 Å². The molecule has 6 aromatic rings. The lowest BCUT2D eigenvalue weighted by atomic mass is 10.1. The minimum Gasteiger partial charge on any atom is -0.508 e. The quantitative estimate of drug-likeness (QED) is 0.374. The Morgan fingerprint density at radius 2 is 1.69 bits per heavy atom. The van der Waals surface area contributed by atoms with Crippen LogP contribution >= 0.6 is 11.3 Å². The molecule has 2 N–H and O–H groups in total. The molecule has 7 rings (SSSR count). The number of fused-ring (bicyclic) bond motifs is 4. The first kappa shape index (κ1) is 20.4. The van der Waals surface area contributed by atoms with Crippen molar-refractivity contribution < 1.29 is 5.11 Å². The first-order valence-electron chi connectivity index (χ1n) is 11.7. The molecule has 0 saturated carbocycles. The molecular formula is C27H22N6OS. The van der Waals surface area contributed by atoms with Crippen molar-refractivity contribution in [3.05, 3.63) is 72.2 Å². The molecule has 0 atom stereocenters. The van der Waals surface area contributed by atoms with E-state index in [1.807, 2.05) is 48.7 Å². The molecule has 1 fully saturated rings. The number of aromatic nitrogens is 4. The maximum absolute atomic E-state index is 10.7. The molecule has 0 aliphatic carbocycles. The number of nitrogens with zero attached hydrogens (tertiary/aromatic N) is 5. The van der Waals surface area contributed by atoms with Gasteiger partial charge in [0.2, 0.25) is 0 Å². The molecule has 3 aromatic heterocycles. The Hall–Kier alpha value is -4.01. The van der Waals surface area contributed by atoms with Crippen LogP contribution in [0.15, 0.2) is 72.2 Å². The summed E-state index contributed by atoms with van der Waals surface area (Å²) in [5, 5.41) is 20.1. The second-order valence-electron chi connectivity index (χ2n) is 8.72. The van der Waals surface area contributed by atoms with Crippen LogP contribution in [0.3, 0.4) is 0 Å². The summed E-state index contributed by atoms with van der Waals surface area (Å²) in [7, 11) is 0.